The molecule has 0 fully saturated rings. The van der Waals surface area contributed by atoms with Gasteiger partial charge in [0.05, 0.1) is 0 Å². The topological polar surface area (TPSA) is 283 Å². The number of aldehydes is 1. The van der Waals surface area contributed by atoms with Gasteiger partial charge in [-0.3, -0.25) is 19.2 Å². The summed E-state index contributed by atoms with van der Waals surface area (Å²) in [5.41, 5.74) is 0. The van der Waals surface area contributed by atoms with Crippen LogP contribution in [0.4, 0.5) is 0 Å². The molecule has 17 heteroatoms. The van der Waals surface area contributed by atoms with Gasteiger partial charge in [-0.25, -0.2) is 19.2 Å². The highest BCUT2D eigenvalue weighted by Gasteiger charge is 2.27. The van der Waals surface area contributed by atoms with Crippen LogP contribution in [0.25, 0.3) is 0 Å². The first-order chi connectivity index (χ1) is 19.2. The van der Waals surface area contributed by atoms with E-state index in [1.165, 1.54) is 0 Å². The third-order valence-electron chi connectivity index (χ3n) is 5.56. The van der Waals surface area contributed by atoms with E-state index in [9.17, 15) is 58.5 Å². The van der Waals surface area contributed by atoms with Gasteiger partial charge in [-0.1, -0.05) is 6.92 Å². The summed E-state index contributed by atoms with van der Waals surface area (Å²) in [6, 6.07) is -5.86. The van der Waals surface area contributed by atoms with Crippen LogP contribution in [0.1, 0.15) is 71.1 Å². The van der Waals surface area contributed by atoms with Crippen LogP contribution in [0.2, 0.25) is 0 Å². The van der Waals surface area contributed by atoms with Gasteiger partial charge >= 0.3 is 23.9 Å². The van der Waals surface area contributed by atoms with E-state index >= 15 is 0 Å². The highest BCUT2D eigenvalue weighted by Crippen LogP contribution is 2.06. The highest BCUT2D eigenvalue weighted by atomic mass is 16.4. The highest BCUT2D eigenvalue weighted by molar-refractivity contribution is 5.88. The lowest BCUT2D eigenvalue weighted by Crippen LogP contribution is -2.45. The maximum absolute atomic E-state index is 12.2. The lowest BCUT2D eigenvalue weighted by atomic mass is 10.1. The molecule has 0 unspecified atom stereocenters. The average molecular weight is 589 g/mol. The smallest absolute Gasteiger partial charge is 0.326 e. The number of carbonyl (C=O) groups excluding carboxylic acids is 5. The molecule has 230 valence electrons. The van der Waals surface area contributed by atoms with Crippen LogP contribution in [0, 0.1) is 0 Å². The van der Waals surface area contributed by atoms with E-state index in [-0.39, 0.29) is 25.7 Å². The fraction of sp³-hybridized carbons (Fsp3) is 0.625. The molecule has 0 rings (SSSR count). The second kappa shape index (κ2) is 19.5. The molecule has 8 N–H and O–H groups in total. The van der Waals surface area contributed by atoms with Crippen molar-refractivity contribution in [2.24, 2.45) is 0 Å². The molecule has 0 heterocycles. The van der Waals surface area contributed by atoms with Crippen LogP contribution in [-0.2, 0) is 43.2 Å². The minimum absolute atomic E-state index is 0.0860. The van der Waals surface area contributed by atoms with Crippen molar-refractivity contribution in [2.45, 2.75) is 95.3 Å². The Kier molecular flexibility index (Phi) is 17.3. The summed E-state index contributed by atoms with van der Waals surface area (Å²) in [4.78, 5) is 104. The Morgan fingerprint density at radius 1 is 0.512 bits per heavy atom. The lowest BCUT2D eigenvalue weighted by molar-refractivity contribution is -0.144. The van der Waals surface area contributed by atoms with Gasteiger partial charge < -0.3 is 46.5 Å². The Labute approximate surface area is 234 Å². The Bertz CT molecular complexity index is 985. The predicted octanol–water partition coefficient (Wildman–Crippen LogP) is -1.62. The summed E-state index contributed by atoms with van der Waals surface area (Å²) in [5, 5.41) is 45.6. The maximum Gasteiger partial charge on any atom is 0.326 e. The normalized spacial score (nSPS) is 13.4. The first-order valence-corrected chi connectivity index (χ1v) is 12.7. The lowest BCUT2D eigenvalue weighted by Gasteiger charge is -2.18. The summed E-state index contributed by atoms with van der Waals surface area (Å²) < 4.78 is 0. The second-order valence-electron chi connectivity index (χ2n) is 8.94. The number of carboxylic acid groups (broad SMARTS) is 4. The molecule has 0 aliphatic heterocycles. The molecule has 0 saturated heterocycles. The van der Waals surface area contributed by atoms with Crippen LogP contribution in [0.3, 0.4) is 0 Å². The van der Waals surface area contributed by atoms with Crippen LogP contribution < -0.4 is 21.3 Å². The third kappa shape index (κ3) is 16.2. The van der Waals surface area contributed by atoms with Gasteiger partial charge in [-0.05, 0) is 32.1 Å². The fourth-order valence-electron chi connectivity index (χ4n) is 3.38. The standard InChI is InChI=1S/C24H36N4O13/c1-2-4-17(30)26-14(22(36)37)6-10-19(32)28-16(24(40)41)8-11-20(33)27-15(23(38)39)7-9-18(31)25-13(21(34)35)5-3-12-29/h12-16H,2-11H2,1H3,(H,25,31)(H,26,30)(H,27,33)(H,28,32)(H,34,35)(H,36,37)(H,38,39)(H,40,41)/t13-,14-,15-,16-/m0/s1. The zero-order chi connectivity index (χ0) is 31.5. The van der Waals surface area contributed by atoms with Crippen LogP contribution in [0.5, 0.6) is 0 Å². The molecular formula is C24H36N4O13. The van der Waals surface area contributed by atoms with E-state index in [1.807, 2.05) is 0 Å². The predicted molar refractivity (Wildman–Crippen MR) is 136 cm³/mol. The molecule has 0 aromatic carbocycles. The van der Waals surface area contributed by atoms with Crippen molar-refractivity contribution in [3.05, 3.63) is 0 Å². The molecule has 0 aliphatic rings. The first kappa shape index (κ1) is 36.4. The van der Waals surface area contributed by atoms with E-state index in [0.717, 1.165) is 0 Å². The number of aliphatic carboxylic acids is 4. The first-order valence-electron chi connectivity index (χ1n) is 12.7. The minimum atomic E-state index is -1.57. The summed E-state index contributed by atoms with van der Waals surface area (Å²) >= 11 is 0. The number of rotatable bonds is 22. The second-order valence-corrected chi connectivity index (χ2v) is 8.94. The van der Waals surface area contributed by atoms with Crippen LogP contribution in [0.15, 0.2) is 0 Å². The SMILES string of the molecule is CCCC(=O)N[C@@H](CCC(=O)N[C@@H](CCC(=O)N[C@@H](CCC(=O)N[C@@H](CCC=O)C(=O)O)C(=O)O)C(=O)O)C(=O)O. The number of hydrogen-bond acceptors (Lipinski definition) is 9. The van der Waals surface area contributed by atoms with Crippen molar-refractivity contribution in [1.82, 2.24) is 21.3 Å². The molecule has 4 amide bonds. The average Bonchev–Trinajstić information content (AvgIpc) is 2.88. The van der Waals surface area contributed by atoms with Gasteiger partial charge in [-0.15, -0.1) is 0 Å². The van der Waals surface area contributed by atoms with Crippen molar-refractivity contribution < 1.29 is 63.6 Å². The Morgan fingerprint density at radius 2 is 0.780 bits per heavy atom. The molecule has 0 saturated carbocycles. The molecule has 0 spiro atoms. The molecule has 0 radical (unpaired) electrons. The van der Waals surface area contributed by atoms with Crippen molar-refractivity contribution >= 4 is 53.8 Å². The molecule has 0 aromatic rings. The summed E-state index contributed by atoms with van der Waals surface area (Å²) in [7, 11) is 0. The molecule has 41 heavy (non-hydrogen) atoms. The van der Waals surface area contributed by atoms with Gasteiger partial charge in [0.2, 0.25) is 23.6 Å². The minimum Gasteiger partial charge on any atom is -0.480 e. The van der Waals surface area contributed by atoms with E-state index < -0.39 is 104 Å². The summed E-state index contributed by atoms with van der Waals surface area (Å²) in [6.45, 7) is 1.72. The Balaban J connectivity index is 4.87. The maximum atomic E-state index is 12.2. The summed E-state index contributed by atoms with van der Waals surface area (Å²) in [6.07, 6.45) is -1.90. The largest absolute Gasteiger partial charge is 0.480 e. The molecule has 4 atom stereocenters. The van der Waals surface area contributed by atoms with Crippen LogP contribution in [-0.4, -0.2) is 98.4 Å². The monoisotopic (exact) mass is 588 g/mol. The van der Waals surface area contributed by atoms with Crippen LogP contribution >= 0.6 is 0 Å². The number of carboxylic acids is 4. The van der Waals surface area contributed by atoms with Crippen molar-refractivity contribution in [1.29, 1.82) is 0 Å². The quantitative estimate of drug-likeness (QED) is 0.0661. The van der Waals surface area contributed by atoms with Crippen molar-refractivity contribution in [2.75, 3.05) is 0 Å². The van der Waals surface area contributed by atoms with E-state index in [1.54, 1.807) is 6.92 Å². The van der Waals surface area contributed by atoms with Crippen molar-refractivity contribution in [3.8, 4) is 0 Å². The molecule has 0 aliphatic carbocycles. The summed E-state index contributed by atoms with van der Waals surface area (Å²) in [5.74, 6) is -8.88. The molecule has 17 nitrogen and oxygen atoms in total. The van der Waals surface area contributed by atoms with Gasteiger partial charge in [-0.2, -0.15) is 0 Å². The number of hydrogen-bond donors (Lipinski definition) is 8. The van der Waals surface area contributed by atoms with Gasteiger partial charge in [0.25, 0.3) is 0 Å². The van der Waals surface area contributed by atoms with Crippen molar-refractivity contribution in [3.63, 3.8) is 0 Å². The van der Waals surface area contributed by atoms with Gasteiger partial charge in [0.1, 0.15) is 30.5 Å². The number of carbonyl (C=O) groups is 9. The molecule has 0 bridgehead atoms. The van der Waals surface area contributed by atoms with E-state index in [2.05, 4.69) is 21.3 Å². The van der Waals surface area contributed by atoms with E-state index in [4.69, 9.17) is 5.11 Å². The number of amides is 4. The Morgan fingerprint density at radius 3 is 1.02 bits per heavy atom. The molecular weight excluding hydrogens is 552 g/mol. The zero-order valence-electron chi connectivity index (χ0n) is 22.4. The molecule has 0 aromatic heterocycles. The Hall–Kier alpha value is -4.57. The van der Waals surface area contributed by atoms with Gasteiger partial charge in [0.15, 0.2) is 0 Å². The fourth-order valence-corrected chi connectivity index (χ4v) is 3.38. The zero-order valence-corrected chi connectivity index (χ0v) is 22.4. The van der Waals surface area contributed by atoms with Gasteiger partial charge in [0, 0.05) is 32.1 Å². The third-order valence-corrected chi connectivity index (χ3v) is 5.56. The van der Waals surface area contributed by atoms with E-state index in [0.29, 0.717) is 12.7 Å². The number of nitrogens with one attached hydrogen (secondary N) is 4.